The Hall–Kier alpha value is -3.74. The first-order valence-corrected chi connectivity index (χ1v) is 8.06. The van der Waals surface area contributed by atoms with Gasteiger partial charge in [-0.2, -0.15) is 0 Å². The number of H-pyrrole nitrogens is 1. The van der Waals surface area contributed by atoms with Crippen molar-refractivity contribution in [2.45, 2.75) is 6.54 Å². The normalized spacial score (nSPS) is 10.8. The highest BCUT2D eigenvalue weighted by molar-refractivity contribution is 5.94. The molecular formula is C19H15N5O2. The number of hydrogen-bond donors (Lipinski definition) is 2. The molecule has 0 aliphatic heterocycles. The van der Waals surface area contributed by atoms with Gasteiger partial charge in [-0.1, -0.05) is 18.2 Å². The summed E-state index contributed by atoms with van der Waals surface area (Å²) in [5.74, 6) is -0.210. The van der Waals surface area contributed by atoms with Crippen LogP contribution in [0.4, 0.5) is 0 Å². The molecule has 4 aromatic rings. The zero-order valence-corrected chi connectivity index (χ0v) is 13.7. The maximum Gasteiger partial charge on any atom is 0.272 e. The molecule has 3 heterocycles. The van der Waals surface area contributed by atoms with Crippen LogP contribution in [0.2, 0.25) is 0 Å². The van der Waals surface area contributed by atoms with Crippen LogP contribution in [-0.4, -0.2) is 25.5 Å². The van der Waals surface area contributed by atoms with Crippen molar-refractivity contribution in [3.8, 4) is 11.3 Å². The van der Waals surface area contributed by atoms with Gasteiger partial charge in [0.05, 0.1) is 17.9 Å². The Balaban J connectivity index is 1.59. The van der Waals surface area contributed by atoms with Crippen molar-refractivity contribution in [3.63, 3.8) is 0 Å². The molecule has 2 N–H and O–H groups in total. The number of carbonyl (C=O) groups is 1. The van der Waals surface area contributed by atoms with Crippen LogP contribution in [0, 0.1) is 0 Å². The van der Waals surface area contributed by atoms with Gasteiger partial charge in [0.1, 0.15) is 0 Å². The Kier molecular flexibility index (Phi) is 4.03. The van der Waals surface area contributed by atoms with Crippen LogP contribution in [0.15, 0.2) is 71.8 Å². The second kappa shape index (κ2) is 6.64. The average molecular weight is 345 g/mol. The van der Waals surface area contributed by atoms with Gasteiger partial charge in [0, 0.05) is 35.7 Å². The van der Waals surface area contributed by atoms with E-state index in [1.807, 2.05) is 18.2 Å². The lowest BCUT2D eigenvalue weighted by atomic mass is 10.2. The minimum atomic E-state index is -0.242. The van der Waals surface area contributed by atoms with Crippen molar-refractivity contribution < 1.29 is 4.79 Å². The number of amides is 1. The molecule has 0 fully saturated rings. The summed E-state index contributed by atoms with van der Waals surface area (Å²) in [5, 5.41) is 5.79. The number of carbonyl (C=O) groups excluding carboxylic acids is 1. The summed E-state index contributed by atoms with van der Waals surface area (Å²) < 4.78 is 1.37. The average Bonchev–Trinajstić information content (AvgIpc) is 3.12. The van der Waals surface area contributed by atoms with E-state index in [4.69, 9.17) is 0 Å². The van der Waals surface area contributed by atoms with E-state index in [0.29, 0.717) is 16.9 Å². The second-order valence-corrected chi connectivity index (χ2v) is 5.74. The van der Waals surface area contributed by atoms with Gasteiger partial charge >= 0.3 is 0 Å². The van der Waals surface area contributed by atoms with Crippen LogP contribution >= 0.6 is 0 Å². The van der Waals surface area contributed by atoms with Gasteiger partial charge in [0.15, 0.2) is 5.65 Å². The van der Waals surface area contributed by atoms with Crippen molar-refractivity contribution in [2.75, 3.05) is 0 Å². The summed E-state index contributed by atoms with van der Waals surface area (Å²) in [7, 11) is 0. The maximum atomic E-state index is 12.3. The first-order chi connectivity index (χ1) is 12.7. The molecule has 0 aliphatic carbocycles. The highest BCUT2D eigenvalue weighted by Crippen LogP contribution is 2.16. The predicted octanol–water partition coefficient (Wildman–Crippen LogP) is 2.01. The van der Waals surface area contributed by atoms with E-state index in [1.165, 1.54) is 10.6 Å². The zero-order chi connectivity index (χ0) is 17.9. The van der Waals surface area contributed by atoms with Crippen LogP contribution in [0.5, 0.6) is 0 Å². The molecule has 7 nitrogen and oxygen atoms in total. The van der Waals surface area contributed by atoms with Gasteiger partial charge in [-0.05, 0) is 24.3 Å². The summed E-state index contributed by atoms with van der Waals surface area (Å²) in [4.78, 5) is 33.0. The molecule has 0 saturated carbocycles. The van der Waals surface area contributed by atoms with Gasteiger partial charge in [0.2, 0.25) is 0 Å². The number of aromatic amines is 1. The Morgan fingerprint density at radius 2 is 1.96 bits per heavy atom. The molecule has 3 aromatic heterocycles. The van der Waals surface area contributed by atoms with Crippen LogP contribution < -0.4 is 10.9 Å². The maximum absolute atomic E-state index is 12.3. The molecule has 4 rings (SSSR count). The third kappa shape index (κ3) is 3.10. The van der Waals surface area contributed by atoms with Crippen molar-refractivity contribution in [1.29, 1.82) is 0 Å². The molecule has 0 bridgehead atoms. The van der Waals surface area contributed by atoms with E-state index in [0.717, 1.165) is 11.3 Å². The standard InChI is InChI=1S/C19H15N5O2/c25-18-9-15(12-21-19(26)13-5-2-1-3-6-13)22-17-10-16(23-24(17)18)14-7-4-8-20-11-14/h1-11,23H,12H2,(H,21,26). The van der Waals surface area contributed by atoms with Gasteiger partial charge in [-0.15, -0.1) is 0 Å². The molecule has 128 valence electrons. The predicted molar refractivity (Wildman–Crippen MR) is 96.7 cm³/mol. The zero-order valence-electron chi connectivity index (χ0n) is 13.7. The summed E-state index contributed by atoms with van der Waals surface area (Å²) in [6.45, 7) is 0.173. The van der Waals surface area contributed by atoms with Gasteiger partial charge in [-0.25, -0.2) is 9.50 Å². The second-order valence-electron chi connectivity index (χ2n) is 5.74. The van der Waals surface area contributed by atoms with Crippen LogP contribution in [-0.2, 0) is 6.54 Å². The Morgan fingerprint density at radius 3 is 2.73 bits per heavy atom. The largest absolute Gasteiger partial charge is 0.346 e. The lowest BCUT2D eigenvalue weighted by Crippen LogP contribution is -2.25. The number of aromatic nitrogens is 4. The Labute approximate surface area is 148 Å². The smallest absolute Gasteiger partial charge is 0.272 e. The Morgan fingerprint density at radius 1 is 1.12 bits per heavy atom. The monoisotopic (exact) mass is 345 g/mol. The molecule has 0 radical (unpaired) electrons. The first kappa shape index (κ1) is 15.8. The highest BCUT2D eigenvalue weighted by atomic mass is 16.1. The minimum absolute atomic E-state index is 0.173. The lowest BCUT2D eigenvalue weighted by Gasteiger charge is -2.04. The van der Waals surface area contributed by atoms with Gasteiger partial charge < -0.3 is 5.32 Å². The van der Waals surface area contributed by atoms with E-state index in [9.17, 15) is 9.59 Å². The van der Waals surface area contributed by atoms with E-state index in [1.54, 1.807) is 42.7 Å². The summed E-state index contributed by atoms with van der Waals surface area (Å²) in [5.41, 5.74) is 2.90. The third-order valence-corrected chi connectivity index (χ3v) is 3.94. The fourth-order valence-corrected chi connectivity index (χ4v) is 2.66. The van der Waals surface area contributed by atoms with Crippen molar-refractivity contribution >= 4 is 11.6 Å². The molecule has 0 aliphatic rings. The third-order valence-electron chi connectivity index (χ3n) is 3.94. The SMILES string of the molecule is O=C(NCc1cc(=O)n2[nH]c(-c3cccnc3)cc2n1)c1ccccc1. The molecule has 0 spiro atoms. The van der Waals surface area contributed by atoms with Crippen LogP contribution in [0.1, 0.15) is 16.1 Å². The molecule has 0 atom stereocenters. The van der Waals surface area contributed by atoms with E-state index in [-0.39, 0.29) is 18.0 Å². The molecule has 1 amide bonds. The Bertz CT molecular complexity index is 1120. The molecule has 0 saturated heterocycles. The number of pyridine rings is 1. The number of fused-ring (bicyclic) bond motifs is 1. The molecule has 1 aromatic carbocycles. The summed E-state index contributed by atoms with van der Waals surface area (Å²) in [6, 6.07) is 15.8. The van der Waals surface area contributed by atoms with E-state index in [2.05, 4.69) is 20.4 Å². The van der Waals surface area contributed by atoms with Crippen molar-refractivity contribution in [3.05, 3.63) is 88.6 Å². The quantitative estimate of drug-likeness (QED) is 0.592. The molecular weight excluding hydrogens is 330 g/mol. The number of hydrogen-bond acceptors (Lipinski definition) is 4. The number of rotatable bonds is 4. The fourth-order valence-electron chi connectivity index (χ4n) is 2.66. The van der Waals surface area contributed by atoms with E-state index >= 15 is 0 Å². The summed E-state index contributed by atoms with van der Waals surface area (Å²) >= 11 is 0. The van der Waals surface area contributed by atoms with Crippen molar-refractivity contribution in [1.82, 2.24) is 24.9 Å². The van der Waals surface area contributed by atoms with Gasteiger partial charge in [0.25, 0.3) is 11.5 Å². The first-order valence-electron chi connectivity index (χ1n) is 8.06. The molecule has 26 heavy (non-hydrogen) atoms. The minimum Gasteiger partial charge on any atom is -0.346 e. The number of nitrogens with zero attached hydrogens (tertiary/aromatic N) is 3. The van der Waals surface area contributed by atoms with Gasteiger partial charge in [-0.3, -0.25) is 19.7 Å². The summed E-state index contributed by atoms with van der Waals surface area (Å²) in [6.07, 6.45) is 3.39. The number of nitrogens with one attached hydrogen (secondary N) is 2. The fraction of sp³-hybridized carbons (Fsp3) is 0.0526. The van der Waals surface area contributed by atoms with E-state index < -0.39 is 0 Å². The highest BCUT2D eigenvalue weighted by Gasteiger charge is 2.09. The lowest BCUT2D eigenvalue weighted by molar-refractivity contribution is 0.0950. The number of benzene rings is 1. The van der Waals surface area contributed by atoms with Crippen LogP contribution in [0.25, 0.3) is 16.9 Å². The van der Waals surface area contributed by atoms with Crippen LogP contribution in [0.3, 0.4) is 0 Å². The van der Waals surface area contributed by atoms with Crippen molar-refractivity contribution in [2.24, 2.45) is 0 Å². The topological polar surface area (TPSA) is 92.2 Å². The molecule has 0 unspecified atom stereocenters. The molecule has 7 heteroatoms.